The van der Waals surface area contributed by atoms with Crippen molar-refractivity contribution in [1.82, 2.24) is 10.2 Å². The quantitative estimate of drug-likeness (QED) is 0.569. The van der Waals surface area contributed by atoms with Crippen LogP contribution < -0.4 is 14.8 Å². The second kappa shape index (κ2) is 12.3. The van der Waals surface area contributed by atoms with Gasteiger partial charge in [0.05, 0.1) is 33.0 Å². The number of hydrogen-bond donors (Lipinski definition) is 1. The number of nitrogens with zero attached hydrogens (tertiary/aromatic N) is 1. The molecular weight excluding hydrogens is 404 g/mol. The van der Waals surface area contributed by atoms with E-state index in [-0.39, 0.29) is 11.9 Å². The lowest BCUT2D eigenvalue weighted by Crippen LogP contribution is -2.42. The lowest BCUT2D eigenvalue weighted by atomic mass is 10.0. The Bertz CT molecular complexity index is 889. The second-order valence-corrected chi connectivity index (χ2v) is 7.98. The summed E-state index contributed by atoms with van der Waals surface area (Å²) in [6, 6.07) is 13.9. The van der Waals surface area contributed by atoms with Crippen LogP contribution in [0.25, 0.3) is 6.08 Å². The number of nitrogens with one attached hydrogen (secondary N) is 1. The molecule has 0 aromatic heterocycles. The van der Waals surface area contributed by atoms with Gasteiger partial charge in [-0.25, -0.2) is 0 Å². The molecule has 1 aliphatic rings. The van der Waals surface area contributed by atoms with Gasteiger partial charge < -0.3 is 19.5 Å². The Balaban J connectivity index is 1.68. The normalized spacial score (nSPS) is 15.5. The molecule has 6 nitrogen and oxygen atoms in total. The Morgan fingerprint density at radius 2 is 1.91 bits per heavy atom. The van der Waals surface area contributed by atoms with Crippen molar-refractivity contribution in [3.8, 4) is 11.5 Å². The molecule has 1 heterocycles. The van der Waals surface area contributed by atoms with E-state index in [1.54, 1.807) is 19.3 Å². The summed E-state index contributed by atoms with van der Waals surface area (Å²) < 4.78 is 16.6. The molecule has 0 bridgehead atoms. The van der Waals surface area contributed by atoms with E-state index in [0.717, 1.165) is 50.4 Å². The maximum Gasteiger partial charge on any atom is 0.244 e. The van der Waals surface area contributed by atoms with Crippen LogP contribution in [-0.2, 0) is 9.53 Å². The van der Waals surface area contributed by atoms with Crippen LogP contribution in [0.4, 0.5) is 0 Å². The van der Waals surface area contributed by atoms with E-state index < -0.39 is 0 Å². The van der Waals surface area contributed by atoms with Gasteiger partial charge in [-0.15, -0.1) is 0 Å². The standard InChI is InChI=1S/C26H34N2O4/c1-4-15-32-24-11-7-21(18-25(24)30-3)8-12-26(29)27-23(19-28-13-16-31-17-14-28)22-9-5-20(2)6-10-22/h5-12,18,23H,4,13-17,19H2,1-3H3,(H,27,29)/b12-8+. The number of amides is 1. The van der Waals surface area contributed by atoms with Crippen molar-refractivity contribution >= 4 is 12.0 Å². The molecule has 0 saturated carbocycles. The van der Waals surface area contributed by atoms with Crippen molar-refractivity contribution in [2.24, 2.45) is 0 Å². The monoisotopic (exact) mass is 438 g/mol. The SMILES string of the molecule is CCCOc1ccc(/C=C/C(=O)NC(CN2CCOCC2)c2ccc(C)cc2)cc1OC. The molecule has 0 radical (unpaired) electrons. The molecule has 0 aliphatic carbocycles. The van der Waals surface area contributed by atoms with Crippen LogP contribution in [0.1, 0.15) is 36.1 Å². The first-order chi connectivity index (χ1) is 15.6. The fraction of sp³-hybridized carbons (Fsp3) is 0.423. The van der Waals surface area contributed by atoms with Crippen molar-refractivity contribution in [1.29, 1.82) is 0 Å². The second-order valence-electron chi connectivity index (χ2n) is 7.98. The van der Waals surface area contributed by atoms with Gasteiger partial charge in [0.2, 0.25) is 5.91 Å². The maximum atomic E-state index is 12.8. The molecule has 2 aromatic carbocycles. The van der Waals surface area contributed by atoms with Gasteiger partial charge in [-0.2, -0.15) is 0 Å². The van der Waals surface area contributed by atoms with Crippen molar-refractivity contribution in [2.45, 2.75) is 26.3 Å². The zero-order valence-electron chi connectivity index (χ0n) is 19.3. The molecule has 3 rings (SSSR count). The number of rotatable bonds is 10. The lowest BCUT2D eigenvalue weighted by molar-refractivity contribution is -0.117. The van der Waals surface area contributed by atoms with Crippen LogP contribution in [-0.4, -0.2) is 57.4 Å². The zero-order chi connectivity index (χ0) is 22.8. The minimum absolute atomic E-state index is 0.0924. The summed E-state index contributed by atoms with van der Waals surface area (Å²) in [6.07, 6.45) is 4.29. The van der Waals surface area contributed by atoms with Gasteiger partial charge in [-0.3, -0.25) is 9.69 Å². The van der Waals surface area contributed by atoms with Crippen LogP contribution in [0, 0.1) is 6.92 Å². The van der Waals surface area contributed by atoms with Crippen molar-refractivity contribution in [2.75, 3.05) is 46.6 Å². The minimum atomic E-state index is -0.130. The predicted molar refractivity (Wildman–Crippen MR) is 127 cm³/mol. The third-order valence-corrected chi connectivity index (χ3v) is 5.42. The Labute approximate surface area is 191 Å². The summed E-state index contributed by atoms with van der Waals surface area (Å²) in [5.74, 6) is 1.24. The number of methoxy groups -OCH3 is 1. The summed E-state index contributed by atoms with van der Waals surface area (Å²) in [7, 11) is 1.62. The third-order valence-electron chi connectivity index (χ3n) is 5.42. The Hall–Kier alpha value is -2.83. The smallest absolute Gasteiger partial charge is 0.244 e. The van der Waals surface area contributed by atoms with E-state index in [1.165, 1.54) is 5.56 Å². The van der Waals surface area contributed by atoms with Crippen molar-refractivity contribution in [3.05, 3.63) is 65.2 Å². The van der Waals surface area contributed by atoms with E-state index in [0.29, 0.717) is 18.1 Å². The van der Waals surface area contributed by atoms with Gasteiger partial charge in [0.1, 0.15) is 0 Å². The van der Waals surface area contributed by atoms with Crippen LogP contribution in [0.15, 0.2) is 48.5 Å². The van der Waals surface area contributed by atoms with Crippen LogP contribution in [0.3, 0.4) is 0 Å². The lowest BCUT2D eigenvalue weighted by Gasteiger charge is -2.31. The summed E-state index contributed by atoms with van der Waals surface area (Å²) >= 11 is 0. The Morgan fingerprint density at radius 3 is 2.59 bits per heavy atom. The molecule has 2 aromatic rings. The number of aryl methyl sites for hydroxylation is 1. The molecule has 1 N–H and O–H groups in total. The summed E-state index contributed by atoms with van der Waals surface area (Å²) in [6.45, 7) is 8.73. The molecule has 1 atom stereocenters. The van der Waals surface area contributed by atoms with E-state index in [9.17, 15) is 4.79 Å². The molecule has 32 heavy (non-hydrogen) atoms. The molecule has 1 fully saturated rings. The van der Waals surface area contributed by atoms with E-state index in [2.05, 4.69) is 48.3 Å². The highest BCUT2D eigenvalue weighted by Crippen LogP contribution is 2.28. The van der Waals surface area contributed by atoms with Crippen LogP contribution >= 0.6 is 0 Å². The first-order valence-electron chi connectivity index (χ1n) is 11.2. The number of carbonyl (C=O) groups is 1. The average molecular weight is 439 g/mol. The van der Waals surface area contributed by atoms with Gasteiger partial charge in [-0.1, -0.05) is 42.8 Å². The highest BCUT2D eigenvalue weighted by atomic mass is 16.5. The highest BCUT2D eigenvalue weighted by molar-refractivity contribution is 5.92. The summed E-state index contributed by atoms with van der Waals surface area (Å²) in [4.78, 5) is 15.1. The topological polar surface area (TPSA) is 60.0 Å². The highest BCUT2D eigenvalue weighted by Gasteiger charge is 2.19. The van der Waals surface area contributed by atoms with E-state index in [4.69, 9.17) is 14.2 Å². The largest absolute Gasteiger partial charge is 0.493 e. The number of benzene rings is 2. The Morgan fingerprint density at radius 1 is 1.16 bits per heavy atom. The molecule has 6 heteroatoms. The Kier molecular flexibility index (Phi) is 9.13. The molecular formula is C26H34N2O4. The van der Waals surface area contributed by atoms with Gasteiger partial charge in [0, 0.05) is 25.7 Å². The molecule has 1 amide bonds. The fourth-order valence-corrected chi connectivity index (χ4v) is 3.59. The summed E-state index contributed by atoms with van der Waals surface area (Å²) in [5, 5.41) is 3.17. The summed E-state index contributed by atoms with van der Waals surface area (Å²) in [5.41, 5.74) is 3.18. The van der Waals surface area contributed by atoms with E-state index >= 15 is 0 Å². The minimum Gasteiger partial charge on any atom is -0.493 e. The number of ether oxygens (including phenoxy) is 3. The predicted octanol–water partition coefficient (Wildman–Crippen LogP) is 4.00. The van der Waals surface area contributed by atoms with Gasteiger partial charge in [0.25, 0.3) is 0 Å². The van der Waals surface area contributed by atoms with Crippen LogP contribution in [0.2, 0.25) is 0 Å². The van der Waals surface area contributed by atoms with Crippen molar-refractivity contribution < 1.29 is 19.0 Å². The number of morpholine rings is 1. The number of hydrogen-bond acceptors (Lipinski definition) is 5. The first kappa shape index (κ1) is 23.8. The zero-order valence-corrected chi connectivity index (χ0v) is 19.3. The molecule has 1 saturated heterocycles. The van der Waals surface area contributed by atoms with Crippen molar-refractivity contribution in [3.63, 3.8) is 0 Å². The van der Waals surface area contributed by atoms with Gasteiger partial charge in [0.15, 0.2) is 11.5 Å². The fourth-order valence-electron chi connectivity index (χ4n) is 3.59. The molecule has 1 unspecified atom stereocenters. The molecule has 172 valence electrons. The van der Waals surface area contributed by atoms with Gasteiger partial charge >= 0.3 is 0 Å². The molecule has 0 spiro atoms. The molecule has 1 aliphatic heterocycles. The number of carbonyl (C=O) groups excluding carboxylic acids is 1. The maximum absolute atomic E-state index is 12.8. The van der Waals surface area contributed by atoms with E-state index in [1.807, 2.05) is 18.2 Å². The average Bonchev–Trinajstić information content (AvgIpc) is 2.82. The van der Waals surface area contributed by atoms with Crippen LogP contribution in [0.5, 0.6) is 11.5 Å². The third kappa shape index (κ3) is 7.11. The van der Waals surface area contributed by atoms with Gasteiger partial charge in [-0.05, 0) is 42.7 Å². The first-order valence-corrected chi connectivity index (χ1v) is 11.2.